The number of hydrogen-bond acceptors (Lipinski definition) is 5. The highest BCUT2D eigenvalue weighted by atomic mass is 35.5. The standard InChI is InChI=1S/C27H34ClN5O2/c28-25-10-8-24(9-11-25)27(23-6-2-1-3-7-23)32-18-16-31(17-19-32)20-21-35-22-26(34)29-12-4-14-33-15-5-13-30-33/h1-3,5-11,13,15,27H,4,12,14,16-22H2,(H,29,34)/t27-/m0/s1. The van der Waals surface area contributed by atoms with Crippen LogP contribution in [0.1, 0.15) is 23.6 Å². The van der Waals surface area contributed by atoms with E-state index in [0.717, 1.165) is 50.7 Å². The lowest BCUT2D eigenvalue weighted by atomic mass is 9.96. The molecule has 7 nitrogen and oxygen atoms in total. The third-order valence-electron chi connectivity index (χ3n) is 6.30. The van der Waals surface area contributed by atoms with E-state index < -0.39 is 0 Å². The number of halogens is 1. The first-order valence-electron chi connectivity index (χ1n) is 12.3. The molecule has 0 spiro atoms. The summed E-state index contributed by atoms with van der Waals surface area (Å²) in [7, 11) is 0. The summed E-state index contributed by atoms with van der Waals surface area (Å²) < 4.78 is 7.49. The quantitative estimate of drug-likeness (QED) is 0.390. The molecule has 1 atom stereocenters. The zero-order valence-electron chi connectivity index (χ0n) is 20.1. The number of amides is 1. The monoisotopic (exact) mass is 495 g/mol. The predicted octanol–water partition coefficient (Wildman–Crippen LogP) is 3.47. The number of ether oxygens (including phenoxy) is 1. The molecule has 0 saturated carbocycles. The molecule has 1 amide bonds. The number of nitrogens with one attached hydrogen (secondary N) is 1. The highest BCUT2D eigenvalue weighted by Gasteiger charge is 2.26. The Hall–Kier alpha value is -2.71. The summed E-state index contributed by atoms with van der Waals surface area (Å²) in [6.45, 7) is 6.80. The van der Waals surface area contributed by atoms with Gasteiger partial charge >= 0.3 is 0 Å². The van der Waals surface area contributed by atoms with Crippen LogP contribution in [0.5, 0.6) is 0 Å². The van der Waals surface area contributed by atoms with Crippen molar-refractivity contribution in [2.45, 2.75) is 19.0 Å². The van der Waals surface area contributed by atoms with E-state index in [1.54, 1.807) is 6.20 Å². The van der Waals surface area contributed by atoms with Gasteiger partial charge in [-0.15, -0.1) is 0 Å². The number of aromatic nitrogens is 2. The summed E-state index contributed by atoms with van der Waals surface area (Å²) in [6.07, 6.45) is 4.52. The molecule has 0 unspecified atom stereocenters. The fraction of sp³-hybridized carbons (Fsp3) is 0.407. The Morgan fingerprint density at radius 1 is 0.971 bits per heavy atom. The lowest BCUT2D eigenvalue weighted by Gasteiger charge is -2.39. The molecule has 0 bridgehead atoms. The van der Waals surface area contributed by atoms with Gasteiger partial charge in [-0.3, -0.25) is 19.3 Å². The first kappa shape index (κ1) is 25.4. The molecule has 1 aliphatic rings. The van der Waals surface area contributed by atoms with Crippen molar-refractivity contribution in [1.29, 1.82) is 0 Å². The summed E-state index contributed by atoms with van der Waals surface area (Å²) >= 11 is 6.14. The Morgan fingerprint density at radius 2 is 1.71 bits per heavy atom. The van der Waals surface area contributed by atoms with E-state index in [2.05, 4.69) is 62.7 Å². The number of rotatable bonds is 12. The Balaban J connectivity index is 1.16. The Bertz CT molecular complexity index is 1010. The average molecular weight is 496 g/mol. The van der Waals surface area contributed by atoms with Crippen molar-refractivity contribution >= 4 is 17.5 Å². The van der Waals surface area contributed by atoms with E-state index in [1.807, 2.05) is 29.1 Å². The lowest BCUT2D eigenvalue weighted by Crippen LogP contribution is -2.48. The summed E-state index contributed by atoms with van der Waals surface area (Å²) in [4.78, 5) is 16.9. The lowest BCUT2D eigenvalue weighted by molar-refractivity contribution is -0.125. The molecule has 4 rings (SSSR count). The smallest absolute Gasteiger partial charge is 0.245 e. The van der Waals surface area contributed by atoms with Gasteiger partial charge in [-0.2, -0.15) is 5.10 Å². The number of hydrogen-bond donors (Lipinski definition) is 1. The second kappa shape index (κ2) is 13.4. The van der Waals surface area contributed by atoms with Crippen molar-refractivity contribution in [1.82, 2.24) is 24.9 Å². The minimum Gasteiger partial charge on any atom is -0.370 e. The number of benzene rings is 2. The summed E-state index contributed by atoms with van der Waals surface area (Å²) in [5.41, 5.74) is 2.55. The molecule has 1 saturated heterocycles. The van der Waals surface area contributed by atoms with Crippen LogP contribution in [0, 0.1) is 0 Å². The molecule has 3 aromatic rings. The Labute approximate surface area is 212 Å². The molecule has 1 aliphatic heterocycles. The van der Waals surface area contributed by atoms with Crippen LogP contribution in [0.25, 0.3) is 0 Å². The molecule has 1 N–H and O–H groups in total. The largest absolute Gasteiger partial charge is 0.370 e. The molecule has 35 heavy (non-hydrogen) atoms. The molecular formula is C27H34ClN5O2. The van der Waals surface area contributed by atoms with Crippen molar-refractivity contribution < 1.29 is 9.53 Å². The second-order valence-corrected chi connectivity index (χ2v) is 9.20. The second-order valence-electron chi connectivity index (χ2n) is 8.77. The molecule has 0 radical (unpaired) electrons. The third-order valence-corrected chi connectivity index (χ3v) is 6.56. The number of nitrogens with zero attached hydrogens (tertiary/aromatic N) is 4. The highest BCUT2D eigenvalue weighted by Crippen LogP contribution is 2.30. The number of carbonyl (C=O) groups excluding carboxylic acids is 1. The first-order chi connectivity index (χ1) is 17.2. The molecule has 186 valence electrons. The van der Waals surface area contributed by atoms with Gasteiger partial charge in [0.25, 0.3) is 0 Å². The van der Waals surface area contributed by atoms with Gasteiger partial charge in [-0.05, 0) is 35.7 Å². The van der Waals surface area contributed by atoms with Gasteiger partial charge < -0.3 is 10.1 Å². The van der Waals surface area contributed by atoms with Gasteiger partial charge in [0.15, 0.2) is 0 Å². The maximum absolute atomic E-state index is 12.0. The van der Waals surface area contributed by atoms with E-state index in [1.165, 1.54) is 11.1 Å². The summed E-state index contributed by atoms with van der Waals surface area (Å²) in [5, 5.41) is 7.81. The minimum atomic E-state index is -0.0658. The van der Waals surface area contributed by atoms with Crippen molar-refractivity contribution in [2.24, 2.45) is 0 Å². The van der Waals surface area contributed by atoms with E-state index in [9.17, 15) is 4.79 Å². The van der Waals surface area contributed by atoms with E-state index in [0.29, 0.717) is 13.2 Å². The topological polar surface area (TPSA) is 62.6 Å². The maximum Gasteiger partial charge on any atom is 0.245 e. The summed E-state index contributed by atoms with van der Waals surface area (Å²) in [6, 6.07) is 20.9. The van der Waals surface area contributed by atoms with Gasteiger partial charge in [0.2, 0.25) is 5.91 Å². The molecule has 2 aromatic carbocycles. The van der Waals surface area contributed by atoms with Crippen molar-refractivity contribution in [2.75, 3.05) is 52.5 Å². The predicted molar refractivity (Wildman–Crippen MR) is 138 cm³/mol. The van der Waals surface area contributed by atoms with Crippen molar-refractivity contribution in [3.05, 3.63) is 89.2 Å². The summed E-state index contributed by atoms with van der Waals surface area (Å²) in [5.74, 6) is -0.0658. The first-order valence-corrected chi connectivity index (χ1v) is 12.7. The van der Waals surface area contributed by atoms with E-state index in [4.69, 9.17) is 16.3 Å². The van der Waals surface area contributed by atoms with Crippen LogP contribution < -0.4 is 5.32 Å². The molecular weight excluding hydrogens is 462 g/mol. The zero-order valence-corrected chi connectivity index (χ0v) is 20.8. The SMILES string of the molecule is O=C(COCCN1CCN([C@@H](c2ccccc2)c2ccc(Cl)cc2)CC1)NCCCn1cccn1. The fourth-order valence-electron chi connectivity index (χ4n) is 4.45. The molecule has 1 aromatic heterocycles. The molecule has 1 fully saturated rings. The van der Waals surface area contributed by atoms with Crippen LogP contribution in [0.15, 0.2) is 73.1 Å². The third kappa shape index (κ3) is 7.90. The van der Waals surface area contributed by atoms with Gasteiger partial charge in [0.05, 0.1) is 12.6 Å². The number of aryl methyl sites for hydroxylation is 1. The average Bonchev–Trinajstić information content (AvgIpc) is 3.41. The van der Waals surface area contributed by atoms with Gasteiger partial charge in [0, 0.05) is 63.2 Å². The Kier molecular flexibility index (Phi) is 9.72. The van der Waals surface area contributed by atoms with E-state index >= 15 is 0 Å². The van der Waals surface area contributed by atoms with Gasteiger partial charge in [0.1, 0.15) is 6.61 Å². The maximum atomic E-state index is 12.0. The van der Waals surface area contributed by atoms with Crippen molar-refractivity contribution in [3.63, 3.8) is 0 Å². The minimum absolute atomic E-state index is 0.0658. The van der Waals surface area contributed by atoms with Crippen LogP contribution in [-0.4, -0.2) is 78.0 Å². The van der Waals surface area contributed by atoms with Crippen LogP contribution in [-0.2, 0) is 16.1 Å². The van der Waals surface area contributed by atoms with Crippen LogP contribution >= 0.6 is 11.6 Å². The van der Waals surface area contributed by atoms with Gasteiger partial charge in [-0.25, -0.2) is 0 Å². The van der Waals surface area contributed by atoms with E-state index in [-0.39, 0.29) is 18.6 Å². The van der Waals surface area contributed by atoms with Crippen LogP contribution in [0.4, 0.5) is 0 Å². The van der Waals surface area contributed by atoms with Crippen LogP contribution in [0.2, 0.25) is 5.02 Å². The van der Waals surface area contributed by atoms with Crippen LogP contribution in [0.3, 0.4) is 0 Å². The highest BCUT2D eigenvalue weighted by molar-refractivity contribution is 6.30. The Morgan fingerprint density at radius 3 is 2.43 bits per heavy atom. The molecule has 8 heteroatoms. The normalized spacial score (nSPS) is 15.7. The molecule has 2 heterocycles. The molecule has 0 aliphatic carbocycles. The van der Waals surface area contributed by atoms with Crippen molar-refractivity contribution in [3.8, 4) is 0 Å². The fourth-order valence-corrected chi connectivity index (χ4v) is 4.58. The zero-order chi connectivity index (χ0) is 24.3. The number of piperazine rings is 1. The number of carbonyl (C=O) groups is 1. The van der Waals surface area contributed by atoms with Gasteiger partial charge in [-0.1, -0.05) is 54.1 Å².